The van der Waals surface area contributed by atoms with Crippen molar-refractivity contribution in [3.8, 4) is 11.5 Å². The Bertz CT molecular complexity index is 456. The van der Waals surface area contributed by atoms with Crippen LogP contribution in [0, 0.1) is 5.92 Å². The summed E-state index contributed by atoms with van der Waals surface area (Å²) in [6.07, 6.45) is 1.56. The molecule has 0 aromatic heterocycles. The van der Waals surface area contributed by atoms with Crippen molar-refractivity contribution in [1.29, 1.82) is 0 Å². The fraction of sp³-hybridized carbons (Fsp3) is 0.500. The molecule has 3 N–H and O–H groups in total. The van der Waals surface area contributed by atoms with E-state index in [0.29, 0.717) is 6.54 Å². The first kappa shape index (κ1) is 13.7. The third-order valence-electron chi connectivity index (χ3n) is 3.49. The van der Waals surface area contributed by atoms with Crippen molar-refractivity contribution in [2.75, 3.05) is 14.2 Å². The van der Waals surface area contributed by atoms with Crippen molar-refractivity contribution >= 4 is 5.91 Å². The molecule has 1 aliphatic rings. The lowest BCUT2D eigenvalue weighted by atomic mass is 9.80. The molecule has 1 fully saturated rings. The smallest absolute Gasteiger partial charge is 0.223 e. The van der Waals surface area contributed by atoms with Gasteiger partial charge in [-0.25, -0.2) is 0 Å². The topological polar surface area (TPSA) is 73.6 Å². The van der Waals surface area contributed by atoms with E-state index in [4.69, 9.17) is 15.2 Å². The van der Waals surface area contributed by atoms with Gasteiger partial charge in [-0.2, -0.15) is 0 Å². The Kier molecular flexibility index (Phi) is 4.27. The molecule has 104 valence electrons. The average molecular weight is 264 g/mol. The molecule has 1 amide bonds. The molecule has 0 heterocycles. The second-order valence-electron chi connectivity index (χ2n) is 4.82. The maximum atomic E-state index is 11.9. The van der Waals surface area contributed by atoms with Gasteiger partial charge in [0.05, 0.1) is 14.2 Å². The number of hydrogen-bond acceptors (Lipinski definition) is 4. The highest BCUT2D eigenvalue weighted by Crippen LogP contribution is 2.27. The molecule has 0 radical (unpaired) electrons. The van der Waals surface area contributed by atoms with Gasteiger partial charge in [-0.1, -0.05) is 0 Å². The summed E-state index contributed by atoms with van der Waals surface area (Å²) in [5.41, 5.74) is 6.58. The van der Waals surface area contributed by atoms with E-state index in [1.165, 1.54) is 0 Å². The Morgan fingerprint density at radius 3 is 2.68 bits per heavy atom. The van der Waals surface area contributed by atoms with Crippen molar-refractivity contribution in [2.24, 2.45) is 11.7 Å². The van der Waals surface area contributed by atoms with E-state index in [1.807, 2.05) is 18.2 Å². The predicted octanol–water partition coefficient (Wildman–Crippen LogP) is 1.06. The van der Waals surface area contributed by atoms with E-state index >= 15 is 0 Å². The first-order chi connectivity index (χ1) is 9.13. The maximum Gasteiger partial charge on any atom is 0.223 e. The molecule has 0 saturated heterocycles. The van der Waals surface area contributed by atoms with Gasteiger partial charge >= 0.3 is 0 Å². The molecule has 0 atom stereocenters. The number of carbonyl (C=O) groups excluding carboxylic acids is 1. The van der Waals surface area contributed by atoms with Crippen molar-refractivity contribution < 1.29 is 14.3 Å². The van der Waals surface area contributed by atoms with Gasteiger partial charge in [0.2, 0.25) is 5.91 Å². The zero-order chi connectivity index (χ0) is 13.8. The van der Waals surface area contributed by atoms with Gasteiger partial charge in [0.25, 0.3) is 0 Å². The summed E-state index contributed by atoms with van der Waals surface area (Å²) in [5, 5.41) is 2.92. The monoisotopic (exact) mass is 264 g/mol. The molecule has 0 aliphatic heterocycles. The van der Waals surface area contributed by atoms with Crippen molar-refractivity contribution in [1.82, 2.24) is 5.32 Å². The number of hydrogen-bond donors (Lipinski definition) is 2. The summed E-state index contributed by atoms with van der Waals surface area (Å²) in [7, 11) is 3.22. The van der Waals surface area contributed by atoms with Crippen LogP contribution in [0.5, 0.6) is 11.5 Å². The number of rotatable bonds is 5. The largest absolute Gasteiger partial charge is 0.497 e. The minimum absolute atomic E-state index is 0.0616. The fourth-order valence-electron chi connectivity index (χ4n) is 2.22. The summed E-state index contributed by atoms with van der Waals surface area (Å²) in [5.74, 6) is 1.61. The van der Waals surface area contributed by atoms with Crippen LogP contribution in [0.2, 0.25) is 0 Å². The molecule has 2 rings (SSSR count). The number of nitrogens with one attached hydrogen (secondary N) is 1. The van der Waals surface area contributed by atoms with Crippen molar-refractivity contribution in [3.63, 3.8) is 0 Å². The number of nitrogens with two attached hydrogens (primary N) is 1. The third-order valence-corrected chi connectivity index (χ3v) is 3.49. The Morgan fingerprint density at radius 1 is 1.37 bits per heavy atom. The Hall–Kier alpha value is -1.75. The number of methoxy groups -OCH3 is 2. The highest BCUT2D eigenvalue weighted by Gasteiger charge is 2.31. The predicted molar refractivity (Wildman–Crippen MR) is 72.1 cm³/mol. The van der Waals surface area contributed by atoms with Crippen LogP contribution < -0.4 is 20.5 Å². The van der Waals surface area contributed by atoms with Gasteiger partial charge < -0.3 is 20.5 Å². The second-order valence-corrected chi connectivity index (χ2v) is 4.82. The first-order valence-electron chi connectivity index (χ1n) is 6.38. The van der Waals surface area contributed by atoms with Gasteiger partial charge in [0.15, 0.2) is 0 Å². The van der Waals surface area contributed by atoms with Gasteiger partial charge in [-0.3, -0.25) is 4.79 Å². The molecule has 0 spiro atoms. The summed E-state index contributed by atoms with van der Waals surface area (Å²) < 4.78 is 10.4. The minimum Gasteiger partial charge on any atom is -0.497 e. The van der Waals surface area contributed by atoms with E-state index in [-0.39, 0.29) is 17.9 Å². The molecule has 5 nitrogen and oxygen atoms in total. The summed E-state index contributed by atoms with van der Waals surface area (Å²) in [6, 6.07) is 5.71. The second kappa shape index (κ2) is 5.93. The number of carbonyl (C=O) groups is 1. The van der Waals surface area contributed by atoms with Gasteiger partial charge in [0, 0.05) is 24.1 Å². The molecular formula is C14H20N2O3. The van der Waals surface area contributed by atoms with Crippen molar-refractivity contribution in [3.05, 3.63) is 23.8 Å². The van der Waals surface area contributed by atoms with Crippen LogP contribution in [0.1, 0.15) is 18.4 Å². The third kappa shape index (κ3) is 3.17. The quantitative estimate of drug-likeness (QED) is 0.834. The van der Waals surface area contributed by atoms with Gasteiger partial charge in [-0.15, -0.1) is 0 Å². The van der Waals surface area contributed by atoms with Crippen LogP contribution >= 0.6 is 0 Å². The normalized spacial score (nSPS) is 21.4. The van der Waals surface area contributed by atoms with Crippen LogP contribution in [0.4, 0.5) is 0 Å². The number of benzene rings is 1. The van der Waals surface area contributed by atoms with Crippen molar-refractivity contribution in [2.45, 2.75) is 25.4 Å². The number of amides is 1. The molecule has 1 saturated carbocycles. The molecule has 0 bridgehead atoms. The van der Waals surface area contributed by atoms with Gasteiger partial charge in [-0.05, 0) is 31.0 Å². The summed E-state index contributed by atoms with van der Waals surface area (Å²) >= 11 is 0. The maximum absolute atomic E-state index is 11.9. The van der Waals surface area contributed by atoms with E-state index in [1.54, 1.807) is 14.2 Å². The van der Waals surface area contributed by atoms with Crippen LogP contribution in [-0.2, 0) is 11.3 Å². The molecular weight excluding hydrogens is 244 g/mol. The Morgan fingerprint density at radius 2 is 2.11 bits per heavy atom. The average Bonchev–Trinajstić information content (AvgIpc) is 2.40. The summed E-state index contributed by atoms with van der Waals surface area (Å²) in [4.78, 5) is 11.9. The van der Waals surface area contributed by atoms with Crippen LogP contribution in [-0.4, -0.2) is 26.2 Å². The molecule has 1 aliphatic carbocycles. The minimum atomic E-state index is 0.0616. The fourth-order valence-corrected chi connectivity index (χ4v) is 2.22. The van der Waals surface area contributed by atoms with E-state index in [0.717, 1.165) is 29.9 Å². The summed E-state index contributed by atoms with van der Waals surface area (Å²) in [6.45, 7) is 0.435. The zero-order valence-electron chi connectivity index (χ0n) is 11.3. The number of ether oxygens (including phenoxy) is 2. The molecule has 19 heavy (non-hydrogen) atoms. The highest BCUT2D eigenvalue weighted by atomic mass is 16.5. The van der Waals surface area contributed by atoms with Crippen LogP contribution in [0.25, 0.3) is 0 Å². The Labute approximate surface area is 113 Å². The SMILES string of the molecule is COc1ccc(OC)c(CNC(=O)C2CC(N)C2)c1. The lowest BCUT2D eigenvalue weighted by Crippen LogP contribution is -2.44. The highest BCUT2D eigenvalue weighted by molar-refractivity contribution is 5.79. The first-order valence-corrected chi connectivity index (χ1v) is 6.38. The van der Waals surface area contributed by atoms with E-state index in [9.17, 15) is 4.79 Å². The molecule has 1 aromatic rings. The van der Waals surface area contributed by atoms with E-state index in [2.05, 4.69) is 5.32 Å². The molecule has 0 unspecified atom stereocenters. The zero-order valence-corrected chi connectivity index (χ0v) is 11.3. The Balaban J connectivity index is 1.96. The molecule has 5 heteroatoms. The van der Waals surface area contributed by atoms with Crippen LogP contribution in [0.3, 0.4) is 0 Å². The van der Waals surface area contributed by atoms with E-state index < -0.39 is 0 Å². The lowest BCUT2D eigenvalue weighted by Gasteiger charge is -2.31. The van der Waals surface area contributed by atoms with Gasteiger partial charge in [0.1, 0.15) is 11.5 Å². The van der Waals surface area contributed by atoms with Crippen LogP contribution in [0.15, 0.2) is 18.2 Å². The lowest BCUT2D eigenvalue weighted by molar-refractivity contribution is -0.128. The standard InChI is InChI=1S/C14H20N2O3/c1-18-12-3-4-13(19-2)10(7-12)8-16-14(17)9-5-11(15)6-9/h3-4,7,9,11H,5-6,8,15H2,1-2H3,(H,16,17). The molecule has 1 aromatic carbocycles.